The maximum atomic E-state index is 13.1. The van der Waals surface area contributed by atoms with Crippen molar-refractivity contribution < 1.29 is 19.4 Å². The number of carbonyl (C=O) groups is 1. The van der Waals surface area contributed by atoms with Gasteiger partial charge in [-0.2, -0.15) is 0 Å². The molecule has 0 radical (unpaired) electrons. The fraction of sp³-hybridized carbons (Fsp3) is 0.188. The number of carbonyl (C=O) groups excluding carboxylic acids is 1. The first-order valence-electron chi connectivity index (χ1n) is 6.54. The van der Waals surface area contributed by atoms with E-state index in [1.807, 2.05) is 30.3 Å². The van der Waals surface area contributed by atoms with Crippen molar-refractivity contribution in [2.75, 3.05) is 6.61 Å². The highest BCUT2D eigenvalue weighted by Gasteiger charge is 2.17. The normalized spacial score (nSPS) is 11.9. The number of halogens is 1. The molecule has 2 aromatic carbocycles. The smallest absolute Gasteiger partial charge is 0.255 e. The highest BCUT2D eigenvalue weighted by atomic mass is 19.1. The van der Waals surface area contributed by atoms with Crippen molar-refractivity contribution in [1.82, 2.24) is 5.32 Å². The van der Waals surface area contributed by atoms with Gasteiger partial charge in [0.1, 0.15) is 11.6 Å². The third kappa shape index (κ3) is 4.03. The van der Waals surface area contributed by atoms with Crippen molar-refractivity contribution in [3.8, 4) is 5.75 Å². The summed E-state index contributed by atoms with van der Waals surface area (Å²) < 4.78 is 13.1. The molecular weight excluding hydrogens is 273 g/mol. The van der Waals surface area contributed by atoms with Gasteiger partial charge < -0.3 is 15.5 Å². The SMILES string of the molecule is O=C(N[C@H](CO)Cc1ccccc1)c1cc(F)ccc1O. The molecule has 110 valence electrons. The molecule has 0 aliphatic heterocycles. The van der Waals surface area contributed by atoms with E-state index < -0.39 is 17.8 Å². The van der Waals surface area contributed by atoms with Gasteiger partial charge >= 0.3 is 0 Å². The van der Waals surface area contributed by atoms with Gasteiger partial charge in [0.2, 0.25) is 0 Å². The molecule has 0 spiro atoms. The zero-order valence-electron chi connectivity index (χ0n) is 11.3. The molecule has 0 saturated heterocycles. The number of amides is 1. The Balaban J connectivity index is 2.07. The van der Waals surface area contributed by atoms with Crippen LogP contribution in [-0.2, 0) is 6.42 Å². The van der Waals surface area contributed by atoms with Crippen LogP contribution in [0.1, 0.15) is 15.9 Å². The molecular formula is C16H16FNO3. The first kappa shape index (κ1) is 15.0. The van der Waals surface area contributed by atoms with Crippen LogP contribution in [0.15, 0.2) is 48.5 Å². The lowest BCUT2D eigenvalue weighted by atomic mass is 10.1. The molecule has 5 heteroatoms. The fourth-order valence-electron chi connectivity index (χ4n) is 2.01. The van der Waals surface area contributed by atoms with Gasteiger partial charge in [-0.15, -0.1) is 0 Å². The summed E-state index contributed by atoms with van der Waals surface area (Å²) in [6.45, 7) is -0.253. The molecule has 0 heterocycles. The Morgan fingerprint density at radius 2 is 1.90 bits per heavy atom. The third-order valence-corrected chi connectivity index (χ3v) is 3.08. The first-order valence-corrected chi connectivity index (χ1v) is 6.54. The average Bonchev–Trinajstić information content (AvgIpc) is 2.50. The fourth-order valence-corrected chi connectivity index (χ4v) is 2.01. The van der Waals surface area contributed by atoms with Gasteiger partial charge in [0.05, 0.1) is 18.2 Å². The monoisotopic (exact) mass is 289 g/mol. The van der Waals surface area contributed by atoms with Crippen LogP contribution in [0, 0.1) is 5.82 Å². The minimum atomic E-state index is -0.623. The van der Waals surface area contributed by atoms with Crippen molar-refractivity contribution in [2.45, 2.75) is 12.5 Å². The maximum absolute atomic E-state index is 13.1. The molecule has 21 heavy (non-hydrogen) atoms. The highest BCUT2D eigenvalue weighted by Crippen LogP contribution is 2.18. The minimum absolute atomic E-state index is 0.151. The predicted octanol–water partition coefficient (Wildman–Crippen LogP) is 1.86. The number of hydrogen-bond donors (Lipinski definition) is 3. The van der Waals surface area contributed by atoms with Gasteiger partial charge in [0.25, 0.3) is 5.91 Å². The molecule has 0 aliphatic carbocycles. The van der Waals surface area contributed by atoms with Crippen molar-refractivity contribution in [3.05, 3.63) is 65.5 Å². The summed E-state index contributed by atoms with van der Waals surface area (Å²) in [5.41, 5.74) is 0.807. The van der Waals surface area contributed by atoms with Crippen LogP contribution in [0.5, 0.6) is 5.75 Å². The molecule has 1 atom stereocenters. The van der Waals surface area contributed by atoms with Crippen molar-refractivity contribution in [2.24, 2.45) is 0 Å². The molecule has 0 unspecified atom stereocenters. The van der Waals surface area contributed by atoms with E-state index in [1.165, 1.54) is 0 Å². The van der Waals surface area contributed by atoms with Gasteiger partial charge in [-0.1, -0.05) is 30.3 Å². The van der Waals surface area contributed by atoms with Gasteiger partial charge in [-0.05, 0) is 30.2 Å². The van der Waals surface area contributed by atoms with Gasteiger partial charge in [-0.3, -0.25) is 4.79 Å². The summed E-state index contributed by atoms with van der Waals surface area (Å²) in [5.74, 6) is -1.53. The number of aliphatic hydroxyl groups excluding tert-OH is 1. The molecule has 0 aliphatic rings. The Kier molecular flexibility index (Phi) is 4.90. The second-order valence-electron chi connectivity index (χ2n) is 4.70. The first-order chi connectivity index (χ1) is 10.1. The van der Waals surface area contributed by atoms with E-state index in [-0.39, 0.29) is 17.9 Å². The predicted molar refractivity (Wildman–Crippen MR) is 76.6 cm³/mol. The number of hydrogen-bond acceptors (Lipinski definition) is 3. The summed E-state index contributed by atoms with van der Waals surface area (Å²) >= 11 is 0. The van der Waals surface area contributed by atoms with E-state index in [0.717, 1.165) is 23.8 Å². The van der Waals surface area contributed by atoms with E-state index in [2.05, 4.69) is 5.32 Å². The molecule has 2 rings (SSSR count). The van der Waals surface area contributed by atoms with Crippen molar-refractivity contribution in [3.63, 3.8) is 0 Å². The Morgan fingerprint density at radius 3 is 2.57 bits per heavy atom. The van der Waals surface area contributed by atoms with E-state index in [0.29, 0.717) is 6.42 Å². The number of aromatic hydroxyl groups is 1. The van der Waals surface area contributed by atoms with E-state index >= 15 is 0 Å². The molecule has 1 amide bonds. The minimum Gasteiger partial charge on any atom is -0.507 e. The molecule has 0 fully saturated rings. The second-order valence-corrected chi connectivity index (χ2v) is 4.70. The highest BCUT2D eigenvalue weighted by molar-refractivity contribution is 5.97. The van der Waals surface area contributed by atoms with Gasteiger partial charge in [-0.25, -0.2) is 4.39 Å². The lowest BCUT2D eigenvalue weighted by Crippen LogP contribution is -2.39. The molecule has 0 bridgehead atoms. The Hall–Kier alpha value is -2.40. The summed E-state index contributed by atoms with van der Waals surface area (Å²) in [6.07, 6.45) is 0.444. The van der Waals surface area contributed by atoms with Crippen molar-refractivity contribution >= 4 is 5.91 Å². The quantitative estimate of drug-likeness (QED) is 0.787. The lowest BCUT2D eigenvalue weighted by molar-refractivity contribution is 0.0913. The van der Waals surface area contributed by atoms with Crippen LogP contribution in [0.25, 0.3) is 0 Å². The van der Waals surface area contributed by atoms with Crippen LogP contribution in [0.4, 0.5) is 4.39 Å². The average molecular weight is 289 g/mol. The zero-order valence-corrected chi connectivity index (χ0v) is 11.3. The van der Waals surface area contributed by atoms with E-state index in [4.69, 9.17) is 0 Å². The molecule has 3 N–H and O–H groups in total. The topological polar surface area (TPSA) is 69.6 Å². The number of phenolic OH excluding ortho intramolecular Hbond substituents is 1. The maximum Gasteiger partial charge on any atom is 0.255 e. The van der Waals surface area contributed by atoms with Crippen LogP contribution in [0.2, 0.25) is 0 Å². The van der Waals surface area contributed by atoms with Crippen LogP contribution in [-0.4, -0.2) is 28.8 Å². The van der Waals surface area contributed by atoms with Crippen LogP contribution < -0.4 is 5.32 Å². The van der Waals surface area contributed by atoms with E-state index in [1.54, 1.807) is 0 Å². The van der Waals surface area contributed by atoms with Gasteiger partial charge in [0.15, 0.2) is 0 Å². The molecule has 0 aromatic heterocycles. The Labute approximate surface area is 121 Å². The molecule has 4 nitrogen and oxygen atoms in total. The largest absolute Gasteiger partial charge is 0.507 e. The van der Waals surface area contributed by atoms with Crippen LogP contribution >= 0.6 is 0 Å². The molecule has 2 aromatic rings. The Morgan fingerprint density at radius 1 is 1.19 bits per heavy atom. The number of nitrogens with one attached hydrogen (secondary N) is 1. The lowest BCUT2D eigenvalue weighted by Gasteiger charge is -2.17. The number of benzene rings is 2. The standard InChI is InChI=1S/C16H16FNO3/c17-12-6-7-15(20)14(9-12)16(21)18-13(10-19)8-11-4-2-1-3-5-11/h1-7,9,13,19-20H,8,10H2,(H,18,21)/t13-/m0/s1. The van der Waals surface area contributed by atoms with Crippen molar-refractivity contribution in [1.29, 1.82) is 0 Å². The van der Waals surface area contributed by atoms with Crippen LogP contribution in [0.3, 0.4) is 0 Å². The number of phenols is 1. The zero-order chi connectivity index (χ0) is 15.2. The second kappa shape index (κ2) is 6.85. The molecule has 0 saturated carbocycles. The number of aliphatic hydroxyl groups is 1. The van der Waals surface area contributed by atoms with Gasteiger partial charge in [0, 0.05) is 0 Å². The summed E-state index contributed by atoms with van der Waals surface area (Å²) in [6, 6.07) is 12.0. The summed E-state index contributed by atoms with van der Waals surface area (Å²) in [7, 11) is 0. The van der Waals surface area contributed by atoms with E-state index in [9.17, 15) is 19.4 Å². The third-order valence-electron chi connectivity index (χ3n) is 3.08. The summed E-state index contributed by atoms with van der Waals surface area (Å²) in [4.78, 5) is 12.0. The number of rotatable bonds is 5. The summed E-state index contributed by atoms with van der Waals surface area (Å²) in [5, 5.41) is 21.5. The Bertz CT molecular complexity index is 616.